The van der Waals surface area contributed by atoms with Crippen LogP contribution in [-0.2, 0) is 5.41 Å². The second-order valence-electron chi connectivity index (χ2n) is 7.08. The zero-order valence-corrected chi connectivity index (χ0v) is 16.6. The fraction of sp³-hybridized carbons (Fsp3) is 0.318. The molecule has 0 radical (unpaired) electrons. The molecule has 3 nitrogen and oxygen atoms in total. The highest BCUT2D eigenvalue weighted by Gasteiger charge is 2.23. The predicted octanol–water partition coefficient (Wildman–Crippen LogP) is 5.29. The lowest BCUT2D eigenvalue weighted by atomic mass is 9.79. The van der Waals surface area contributed by atoms with E-state index in [4.69, 9.17) is 17.0 Å². The van der Waals surface area contributed by atoms with E-state index in [0.717, 1.165) is 17.9 Å². The van der Waals surface area contributed by atoms with Crippen LogP contribution in [0.5, 0.6) is 5.75 Å². The van der Waals surface area contributed by atoms with Crippen LogP contribution in [0.15, 0.2) is 67.3 Å². The second kappa shape index (κ2) is 9.39. The Morgan fingerprint density at radius 3 is 2.62 bits per heavy atom. The third-order valence-electron chi connectivity index (χ3n) is 4.21. The van der Waals surface area contributed by atoms with Gasteiger partial charge in [-0.2, -0.15) is 0 Å². The number of benzene rings is 2. The van der Waals surface area contributed by atoms with Crippen molar-refractivity contribution in [2.24, 2.45) is 0 Å². The number of ether oxygens (including phenoxy) is 1. The minimum Gasteiger partial charge on any atom is -0.489 e. The van der Waals surface area contributed by atoms with Crippen LogP contribution < -0.4 is 15.4 Å². The van der Waals surface area contributed by atoms with Gasteiger partial charge in [-0.1, -0.05) is 62.9 Å². The van der Waals surface area contributed by atoms with E-state index in [1.807, 2.05) is 30.3 Å². The quantitative estimate of drug-likeness (QED) is 0.490. The van der Waals surface area contributed by atoms with E-state index in [2.05, 4.69) is 62.2 Å². The van der Waals surface area contributed by atoms with Crippen LogP contribution in [-0.4, -0.2) is 17.8 Å². The van der Waals surface area contributed by atoms with Crippen molar-refractivity contribution in [2.45, 2.75) is 38.6 Å². The first kappa shape index (κ1) is 20.0. The Labute approximate surface area is 162 Å². The predicted molar refractivity (Wildman–Crippen MR) is 115 cm³/mol. The van der Waals surface area contributed by atoms with Crippen molar-refractivity contribution in [3.05, 3.63) is 72.8 Å². The molecule has 0 fully saturated rings. The molecule has 0 amide bonds. The molecule has 0 bridgehead atoms. The Bertz CT molecular complexity index is 728. The molecule has 0 aliphatic rings. The van der Waals surface area contributed by atoms with E-state index < -0.39 is 0 Å². The van der Waals surface area contributed by atoms with Gasteiger partial charge in [-0.05, 0) is 48.7 Å². The van der Waals surface area contributed by atoms with Crippen LogP contribution in [0, 0.1) is 0 Å². The molecule has 4 heteroatoms. The van der Waals surface area contributed by atoms with Gasteiger partial charge in [-0.25, -0.2) is 0 Å². The molecule has 0 aliphatic carbocycles. The number of nitrogens with one attached hydrogen (secondary N) is 2. The highest BCUT2D eigenvalue weighted by atomic mass is 32.1. The van der Waals surface area contributed by atoms with E-state index in [1.165, 1.54) is 5.56 Å². The first-order chi connectivity index (χ1) is 12.4. The molecule has 0 spiro atoms. The molecule has 2 aromatic rings. The first-order valence-electron chi connectivity index (χ1n) is 8.87. The summed E-state index contributed by atoms with van der Waals surface area (Å²) in [5.74, 6) is 0.788. The van der Waals surface area contributed by atoms with Crippen molar-refractivity contribution in [1.82, 2.24) is 5.32 Å². The lowest BCUT2D eigenvalue weighted by molar-refractivity contribution is 0.363. The molecule has 0 saturated heterocycles. The van der Waals surface area contributed by atoms with Crippen LogP contribution in [0.3, 0.4) is 0 Å². The molecular formula is C22H28N2OS. The van der Waals surface area contributed by atoms with Gasteiger partial charge in [0.05, 0.1) is 0 Å². The van der Waals surface area contributed by atoms with Gasteiger partial charge < -0.3 is 15.4 Å². The van der Waals surface area contributed by atoms with Gasteiger partial charge in [0.1, 0.15) is 12.4 Å². The summed E-state index contributed by atoms with van der Waals surface area (Å²) in [4.78, 5) is 0. The standard InChI is InChI=1S/C22H28N2OS/c1-5-14-25-20-13-9-12-19(15-20)24-21(26)23-17(2)16-22(3,4)18-10-7-6-8-11-18/h5-13,15,17H,1,14,16H2,2-4H3,(H2,23,24,26). The zero-order valence-electron chi connectivity index (χ0n) is 15.8. The van der Waals surface area contributed by atoms with Gasteiger partial charge in [0.15, 0.2) is 5.11 Å². The van der Waals surface area contributed by atoms with Crippen LogP contribution in [0.4, 0.5) is 5.69 Å². The smallest absolute Gasteiger partial charge is 0.170 e. The fourth-order valence-electron chi connectivity index (χ4n) is 3.03. The average molecular weight is 369 g/mol. The fourth-order valence-corrected chi connectivity index (χ4v) is 3.35. The van der Waals surface area contributed by atoms with Gasteiger partial charge in [0.2, 0.25) is 0 Å². The van der Waals surface area contributed by atoms with E-state index >= 15 is 0 Å². The monoisotopic (exact) mass is 368 g/mol. The Morgan fingerprint density at radius 2 is 1.92 bits per heavy atom. The van der Waals surface area contributed by atoms with Crippen LogP contribution >= 0.6 is 12.2 Å². The summed E-state index contributed by atoms with van der Waals surface area (Å²) < 4.78 is 5.55. The number of thiocarbonyl (C=S) groups is 1. The van der Waals surface area contributed by atoms with Gasteiger partial charge in [0, 0.05) is 17.8 Å². The molecule has 1 unspecified atom stereocenters. The largest absolute Gasteiger partial charge is 0.489 e. The molecule has 2 N–H and O–H groups in total. The van der Waals surface area contributed by atoms with Crippen LogP contribution in [0.25, 0.3) is 0 Å². The summed E-state index contributed by atoms with van der Waals surface area (Å²) >= 11 is 5.47. The van der Waals surface area contributed by atoms with E-state index in [1.54, 1.807) is 6.08 Å². The van der Waals surface area contributed by atoms with Crippen molar-refractivity contribution in [1.29, 1.82) is 0 Å². The zero-order chi connectivity index (χ0) is 19.0. The topological polar surface area (TPSA) is 33.3 Å². The maximum Gasteiger partial charge on any atom is 0.170 e. The minimum atomic E-state index is 0.0712. The molecule has 0 aliphatic heterocycles. The Hall–Kier alpha value is -2.33. The van der Waals surface area contributed by atoms with Crippen molar-refractivity contribution in [3.63, 3.8) is 0 Å². The summed E-state index contributed by atoms with van der Waals surface area (Å²) in [7, 11) is 0. The van der Waals surface area contributed by atoms with Crippen molar-refractivity contribution < 1.29 is 4.74 Å². The molecule has 138 valence electrons. The lowest BCUT2D eigenvalue weighted by Crippen LogP contribution is -2.39. The first-order valence-corrected chi connectivity index (χ1v) is 9.28. The van der Waals surface area contributed by atoms with Gasteiger partial charge in [0.25, 0.3) is 0 Å². The summed E-state index contributed by atoms with van der Waals surface area (Å²) in [5.41, 5.74) is 2.31. The summed E-state index contributed by atoms with van der Waals surface area (Å²) in [5, 5.41) is 7.22. The highest BCUT2D eigenvalue weighted by molar-refractivity contribution is 7.80. The molecule has 2 aromatic carbocycles. The Balaban J connectivity index is 1.90. The molecular weight excluding hydrogens is 340 g/mol. The number of hydrogen-bond donors (Lipinski definition) is 2. The summed E-state index contributed by atoms with van der Waals surface area (Å²) in [6.45, 7) is 10.8. The number of rotatable bonds is 8. The van der Waals surface area contributed by atoms with Gasteiger partial charge in [-0.15, -0.1) is 0 Å². The van der Waals surface area contributed by atoms with E-state index in [9.17, 15) is 0 Å². The second-order valence-corrected chi connectivity index (χ2v) is 7.49. The minimum absolute atomic E-state index is 0.0712. The maximum absolute atomic E-state index is 5.55. The molecule has 1 atom stereocenters. The third kappa shape index (κ3) is 6.19. The SMILES string of the molecule is C=CCOc1cccc(NC(=S)NC(C)CC(C)(C)c2ccccc2)c1. The highest BCUT2D eigenvalue weighted by Crippen LogP contribution is 2.28. The van der Waals surface area contributed by atoms with Crippen LogP contribution in [0.2, 0.25) is 0 Å². The third-order valence-corrected chi connectivity index (χ3v) is 4.43. The van der Waals surface area contributed by atoms with Gasteiger partial charge >= 0.3 is 0 Å². The summed E-state index contributed by atoms with van der Waals surface area (Å²) in [6.07, 6.45) is 2.70. The number of anilines is 1. The summed E-state index contributed by atoms with van der Waals surface area (Å²) in [6, 6.07) is 18.6. The molecule has 2 rings (SSSR count). The Morgan fingerprint density at radius 1 is 1.19 bits per heavy atom. The normalized spacial score (nSPS) is 12.1. The van der Waals surface area contributed by atoms with Crippen molar-refractivity contribution >= 4 is 23.0 Å². The van der Waals surface area contributed by atoms with Crippen molar-refractivity contribution in [2.75, 3.05) is 11.9 Å². The van der Waals surface area contributed by atoms with Gasteiger partial charge in [-0.3, -0.25) is 0 Å². The Kier molecular flexibility index (Phi) is 7.22. The molecule has 0 aromatic heterocycles. The molecule has 26 heavy (non-hydrogen) atoms. The van der Waals surface area contributed by atoms with Crippen molar-refractivity contribution in [3.8, 4) is 5.75 Å². The maximum atomic E-state index is 5.55. The van der Waals surface area contributed by atoms with E-state index in [-0.39, 0.29) is 11.5 Å². The lowest BCUT2D eigenvalue weighted by Gasteiger charge is -2.29. The number of hydrogen-bond acceptors (Lipinski definition) is 2. The van der Waals surface area contributed by atoms with E-state index in [0.29, 0.717) is 11.7 Å². The average Bonchev–Trinajstić information content (AvgIpc) is 2.60. The molecule has 0 heterocycles. The molecule has 0 saturated carbocycles. The van der Waals surface area contributed by atoms with Crippen LogP contribution in [0.1, 0.15) is 32.8 Å².